The fourth-order valence-corrected chi connectivity index (χ4v) is 2.35. The van der Waals surface area contributed by atoms with Gasteiger partial charge < -0.3 is 10.1 Å². The van der Waals surface area contributed by atoms with Crippen molar-refractivity contribution in [1.29, 1.82) is 5.26 Å². The van der Waals surface area contributed by atoms with E-state index in [0.29, 0.717) is 31.7 Å². The number of hydrogen-bond acceptors (Lipinski definition) is 4. The molecule has 6 heteroatoms. The lowest BCUT2D eigenvalue weighted by molar-refractivity contribution is -0.123. The fourth-order valence-electron chi connectivity index (χ4n) is 2.35. The average Bonchev–Trinajstić information content (AvgIpc) is 2.92. The number of rotatable bonds is 9. The topological polar surface area (TPSA) is 79.9 Å². The van der Waals surface area contributed by atoms with Crippen LogP contribution >= 0.6 is 0 Å². The van der Waals surface area contributed by atoms with Crippen LogP contribution in [-0.2, 0) is 16.1 Å². The second kappa shape index (κ2) is 8.42. The van der Waals surface area contributed by atoms with Crippen molar-refractivity contribution in [3.63, 3.8) is 0 Å². The molecule has 0 aliphatic carbocycles. The van der Waals surface area contributed by atoms with Crippen LogP contribution in [0.3, 0.4) is 0 Å². The third-order valence-corrected chi connectivity index (χ3v) is 3.42. The summed E-state index contributed by atoms with van der Waals surface area (Å²) in [5.41, 5.74) is -0.332. The smallest absolute Gasteiger partial charge is 0.244 e. The van der Waals surface area contributed by atoms with E-state index in [4.69, 9.17) is 4.74 Å². The molecule has 1 rings (SSSR count). The molecule has 0 aliphatic heterocycles. The summed E-state index contributed by atoms with van der Waals surface area (Å²) >= 11 is 0. The van der Waals surface area contributed by atoms with E-state index in [-0.39, 0.29) is 5.91 Å². The van der Waals surface area contributed by atoms with Gasteiger partial charge >= 0.3 is 0 Å². The Morgan fingerprint density at radius 2 is 2.14 bits per heavy atom. The Morgan fingerprint density at radius 1 is 1.48 bits per heavy atom. The molecule has 21 heavy (non-hydrogen) atoms. The Bertz CT molecular complexity index is 484. The zero-order chi connectivity index (χ0) is 15.7. The largest absolute Gasteiger partial charge is 0.383 e. The van der Waals surface area contributed by atoms with Crippen molar-refractivity contribution in [2.24, 2.45) is 5.41 Å². The van der Waals surface area contributed by atoms with Gasteiger partial charge in [-0.2, -0.15) is 10.4 Å². The van der Waals surface area contributed by atoms with Crippen molar-refractivity contribution < 1.29 is 9.53 Å². The zero-order valence-corrected chi connectivity index (χ0v) is 13.1. The molecule has 116 valence electrons. The van der Waals surface area contributed by atoms with Crippen molar-refractivity contribution in [1.82, 2.24) is 9.78 Å². The number of ether oxygens (including phenoxy) is 1. The van der Waals surface area contributed by atoms with Gasteiger partial charge in [0.05, 0.1) is 31.1 Å². The Labute approximate surface area is 126 Å². The van der Waals surface area contributed by atoms with Crippen LogP contribution < -0.4 is 5.32 Å². The van der Waals surface area contributed by atoms with Crippen LogP contribution in [0.25, 0.3) is 0 Å². The van der Waals surface area contributed by atoms with Gasteiger partial charge in [0, 0.05) is 13.3 Å². The highest BCUT2D eigenvalue weighted by Gasteiger charge is 2.37. The van der Waals surface area contributed by atoms with E-state index in [1.165, 1.54) is 0 Å². The summed E-state index contributed by atoms with van der Waals surface area (Å²) in [4.78, 5) is 12.5. The lowest BCUT2D eigenvalue weighted by Gasteiger charge is -2.24. The number of nitriles is 1. The molecular formula is C15H24N4O2. The van der Waals surface area contributed by atoms with Crippen molar-refractivity contribution >= 4 is 11.6 Å². The van der Waals surface area contributed by atoms with E-state index < -0.39 is 5.41 Å². The first-order valence-electron chi connectivity index (χ1n) is 7.36. The third-order valence-electron chi connectivity index (χ3n) is 3.42. The molecule has 6 nitrogen and oxygen atoms in total. The van der Waals surface area contributed by atoms with Gasteiger partial charge in [0.2, 0.25) is 5.91 Å². The van der Waals surface area contributed by atoms with Crippen LogP contribution in [0.2, 0.25) is 0 Å². The van der Waals surface area contributed by atoms with Crippen LogP contribution in [-0.4, -0.2) is 29.4 Å². The normalized spacial score (nSPS) is 11.1. The zero-order valence-electron chi connectivity index (χ0n) is 13.1. The highest BCUT2D eigenvalue weighted by Crippen LogP contribution is 2.30. The maximum absolute atomic E-state index is 12.5. The second-order valence-corrected chi connectivity index (χ2v) is 5.13. The van der Waals surface area contributed by atoms with E-state index >= 15 is 0 Å². The third kappa shape index (κ3) is 4.57. The van der Waals surface area contributed by atoms with Crippen LogP contribution in [0.5, 0.6) is 0 Å². The summed E-state index contributed by atoms with van der Waals surface area (Å²) in [7, 11) is 1.63. The Morgan fingerprint density at radius 3 is 2.67 bits per heavy atom. The number of hydrogen-bond donors (Lipinski definition) is 1. The average molecular weight is 292 g/mol. The number of nitrogens with one attached hydrogen (secondary N) is 1. The van der Waals surface area contributed by atoms with Gasteiger partial charge in [0.15, 0.2) is 0 Å². The molecule has 0 aromatic carbocycles. The Balaban J connectivity index is 2.77. The lowest BCUT2D eigenvalue weighted by Crippen LogP contribution is -2.34. The number of amides is 1. The molecule has 0 radical (unpaired) electrons. The molecule has 0 bridgehead atoms. The maximum Gasteiger partial charge on any atom is 0.244 e. The van der Waals surface area contributed by atoms with Crippen LogP contribution in [0, 0.1) is 16.7 Å². The number of nitrogens with zero attached hydrogens (tertiary/aromatic N) is 3. The molecule has 0 aliphatic rings. The Hall–Kier alpha value is -1.87. The number of methoxy groups -OCH3 is 1. The Kier molecular flexibility index (Phi) is 6.89. The highest BCUT2D eigenvalue weighted by molar-refractivity contribution is 5.97. The molecule has 1 amide bonds. The monoisotopic (exact) mass is 292 g/mol. The van der Waals surface area contributed by atoms with Crippen LogP contribution in [0.1, 0.15) is 39.5 Å². The summed E-state index contributed by atoms with van der Waals surface area (Å²) in [6, 6.07) is 2.22. The predicted octanol–water partition coefficient (Wildman–Crippen LogP) is 2.58. The second-order valence-electron chi connectivity index (χ2n) is 5.13. The first kappa shape index (κ1) is 17.2. The van der Waals surface area contributed by atoms with Crippen LogP contribution in [0.15, 0.2) is 12.4 Å². The SMILES string of the molecule is CCCC(C#N)(CCC)C(=O)Nc1cnn(CCOC)c1. The van der Waals surface area contributed by atoms with Gasteiger partial charge in [-0.05, 0) is 12.8 Å². The van der Waals surface area contributed by atoms with Crippen molar-refractivity contribution in [2.75, 3.05) is 19.0 Å². The summed E-state index contributed by atoms with van der Waals surface area (Å²) in [6.45, 7) is 5.15. The molecule has 0 fully saturated rings. The molecule has 1 aromatic rings. The first-order chi connectivity index (χ1) is 10.1. The lowest BCUT2D eigenvalue weighted by atomic mass is 9.80. The molecule has 0 unspecified atom stereocenters. The quantitative estimate of drug-likeness (QED) is 0.758. The van der Waals surface area contributed by atoms with E-state index in [1.54, 1.807) is 24.2 Å². The maximum atomic E-state index is 12.5. The molecule has 0 saturated heterocycles. The highest BCUT2D eigenvalue weighted by atomic mass is 16.5. The minimum absolute atomic E-state index is 0.236. The molecule has 0 atom stereocenters. The number of carbonyl (C=O) groups is 1. The molecular weight excluding hydrogens is 268 g/mol. The van der Waals surface area contributed by atoms with E-state index in [0.717, 1.165) is 12.8 Å². The summed E-state index contributed by atoms with van der Waals surface area (Å²) in [5.74, 6) is -0.236. The van der Waals surface area contributed by atoms with Gasteiger partial charge in [0.1, 0.15) is 5.41 Å². The number of carbonyl (C=O) groups excluding carboxylic acids is 1. The standard InChI is InChI=1S/C15H24N4O2/c1-4-6-15(12-16,7-5-2)14(20)18-13-10-17-19(11-13)8-9-21-3/h10-11H,4-9H2,1-3H3,(H,18,20). The number of anilines is 1. The van der Waals surface area contributed by atoms with E-state index in [9.17, 15) is 10.1 Å². The first-order valence-corrected chi connectivity index (χ1v) is 7.36. The molecule has 0 spiro atoms. The summed E-state index contributed by atoms with van der Waals surface area (Å²) in [5, 5.41) is 16.4. The van der Waals surface area contributed by atoms with Gasteiger partial charge in [-0.1, -0.05) is 26.7 Å². The van der Waals surface area contributed by atoms with Crippen molar-refractivity contribution in [3.05, 3.63) is 12.4 Å². The summed E-state index contributed by atoms with van der Waals surface area (Å²) < 4.78 is 6.68. The van der Waals surface area contributed by atoms with Crippen molar-refractivity contribution in [2.45, 2.75) is 46.1 Å². The summed E-state index contributed by atoms with van der Waals surface area (Å²) in [6.07, 6.45) is 6.08. The van der Waals surface area contributed by atoms with Gasteiger partial charge in [-0.15, -0.1) is 0 Å². The molecule has 1 aromatic heterocycles. The van der Waals surface area contributed by atoms with E-state index in [2.05, 4.69) is 16.5 Å². The number of aromatic nitrogens is 2. The molecule has 0 saturated carbocycles. The van der Waals surface area contributed by atoms with Gasteiger partial charge in [-0.3, -0.25) is 9.48 Å². The van der Waals surface area contributed by atoms with Gasteiger partial charge in [-0.25, -0.2) is 0 Å². The predicted molar refractivity (Wildman–Crippen MR) is 80.6 cm³/mol. The van der Waals surface area contributed by atoms with Gasteiger partial charge in [0.25, 0.3) is 0 Å². The molecule has 1 heterocycles. The van der Waals surface area contributed by atoms with Crippen molar-refractivity contribution in [3.8, 4) is 6.07 Å². The minimum atomic E-state index is -0.946. The molecule has 1 N–H and O–H groups in total. The minimum Gasteiger partial charge on any atom is -0.383 e. The van der Waals surface area contributed by atoms with Crippen LogP contribution in [0.4, 0.5) is 5.69 Å². The fraction of sp³-hybridized carbons (Fsp3) is 0.667. The van der Waals surface area contributed by atoms with E-state index in [1.807, 2.05) is 13.8 Å².